The van der Waals surface area contributed by atoms with Gasteiger partial charge in [-0.25, -0.2) is 0 Å². The molecular weight excluding hydrogens is 254 g/mol. The number of carboxylic acid groups (broad SMARTS) is 1. The number of aryl methyl sites for hydroxylation is 1. The maximum Gasteiger partial charge on any atom is 0.319 e. The van der Waals surface area contributed by atoms with E-state index in [4.69, 9.17) is 0 Å². The Bertz CT molecular complexity index is 561. The van der Waals surface area contributed by atoms with Crippen molar-refractivity contribution in [1.29, 1.82) is 0 Å². The van der Waals surface area contributed by atoms with E-state index < -0.39 is 11.4 Å². The number of rotatable bonds is 3. The van der Waals surface area contributed by atoms with Gasteiger partial charge in [-0.05, 0) is 55.7 Å². The summed E-state index contributed by atoms with van der Waals surface area (Å²) in [6, 6.07) is 5.92. The van der Waals surface area contributed by atoms with Crippen molar-refractivity contribution in [3.05, 3.63) is 29.3 Å². The number of carboxylic acids is 1. The zero-order valence-corrected chi connectivity index (χ0v) is 11.4. The Hall–Kier alpha value is -1.84. The highest BCUT2D eigenvalue weighted by Gasteiger charge is 2.51. The molecule has 0 aromatic heterocycles. The van der Waals surface area contributed by atoms with E-state index in [0.29, 0.717) is 12.8 Å². The molecule has 1 amide bonds. The highest BCUT2D eigenvalue weighted by atomic mass is 16.4. The Balaban J connectivity index is 1.85. The van der Waals surface area contributed by atoms with Crippen molar-refractivity contribution in [3.8, 4) is 0 Å². The SMILES string of the molecule is O=C(O)C1(C(=O)Nc2cccc3c2CCCC3)CCC1. The van der Waals surface area contributed by atoms with Crippen LogP contribution in [0.1, 0.15) is 43.2 Å². The van der Waals surface area contributed by atoms with E-state index in [1.54, 1.807) is 0 Å². The number of anilines is 1. The summed E-state index contributed by atoms with van der Waals surface area (Å²) in [5.41, 5.74) is 2.08. The fraction of sp³-hybridized carbons (Fsp3) is 0.500. The molecule has 0 heterocycles. The molecule has 0 unspecified atom stereocenters. The van der Waals surface area contributed by atoms with Crippen molar-refractivity contribution >= 4 is 17.6 Å². The third-order valence-electron chi connectivity index (χ3n) is 4.70. The average Bonchev–Trinajstić information content (AvgIpc) is 2.37. The van der Waals surface area contributed by atoms with Gasteiger partial charge in [-0.1, -0.05) is 18.6 Å². The largest absolute Gasteiger partial charge is 0.480 e. The zero-order chi connectivity index (χ0) is 14.2. The first kappa shape index (κ1) is 13.2. The maximum absolute atomic E-state index is 12.4. The van der Waals surface area contributed by atoms with Crippen LogP contribution < -0.4 is 5.32 Å². The van der Waals surface area contributed by atoms with Gasteiger partial charge in [-0.2, -0.15) is 0 Å². The Labute approximate surface area is 118 Å². The minimum atomic E-state index is -1.20. The van der Waals surface area contributed by atoms with Crippen molar-refractivity contribution in [2.75, 3.05) is 5.32 Å². The number of hydrogen-bond donors (Lipinski definition) is 2. The van der Waals surface area contributed by atoms with Crippen LogP contribution >= 0.6 is 0 Å². The van der Waals surface area contributed by atoms with Gasteiger partial charge in [0.2, 0.25) is 5.91 Å². The predicted octanol–water partition coefficient (Wildman–Crippen LogP) is 2.76. The number of nitrogens with one attached hydrogen (secondary N) is 1. The van der Waals surface area contributed by atoms with E-state index in [1.165, 1.54) is 17.5 Å². The smallest absolute Gasteiger partial charge is 0.319 e. The molecule has 0 bridgehead atoms. The second-order valence-electron chi connectivity index (χ2n) is 5.85. The Kier molecular flexibility index (Phi) is 3.24. The molecule has 106 valence electrons. The van der Waals surface area contributed by atoms with E-state index in [1.807, 2.05) is 12.1 Å². The number of carbonyl (C=O) groups excluding carboxylic acids is 1. The van der Waals surface area contributed by atoms with Crippen LogP contribution in [0.4, 0.5) is 5.69 Å². The number of hydrogen-bond acceptors (Lipinski definition) is 2. The molecule has 2 N–H and O–H groups in total. The fourth-order valence-corrected chi connectivity index (χ4v) is 3.21. The average molecular weight is 273 g/mol. The van der Waals surface area contributed by atoms with Crippen LogP contribution in [0.2, 0.25) is 0 Å². The minimum absolute atomic E-state index is 0.352. The van der Waals surface area contributed by atoms with Gasteiger partial charge < -0.3 is 10.4 Å². The van der Waals surface area contributed by atoms with Crippen molar-refractivity contribution in [1.82, 2.24) is 0 Å². The molecule has 2 aliphatic rings. The van der Waals surface area contributed by atoms with Crippen molar-refractivity contribution < 1.29 is 14.7 Å². The van der Waals surface area contributed by atoms with Crippen molar-refractivity contribution in [2.45, 2.75) is 44.9 Å². The van der Waals surface area contributed by atoms with Crippen LogP contribution in [-0.2, 0) is 22.4 Å². The lowest BCUT2D eigenvalue weighted by Gasteiger charge is -2.36. The predicted molar refractivity (Wildman–Crippen MR) is 75.6 cm³/mol. The number of carbonyl (C=O) groups is 2. The number of amides is 1. The molecular formula is C16H19NO3. The second-order valence-corrected chi connectivity index (χ2v) is 5.85. The van der Waals surface area contributed by atoms with Gasteiger partial charge in [0.1, 0.15) is 5.41 Å². The molecule has 2 aliphatic carbocycles. The number of aliphatic carboxylic acids is 1. The molecule has 20 heavy (non-hydrogen) atoms. The maximum atomic E-state index is 12.4. The van der Waals surface area contributed by atoms with E-state index >= 15 is 0 Å². The van der Waals surface area contributed by atoms with E-state index in [0.717, 1.165) is 31.4 Å². The van der Waals surface area contributed by atoms with Gasteiger partial charge in [0, 0.05) is 5.69 Å². The molecule has 1 aromatic rings. The standard InChI is InChI=1S/C16H19NO3/c18-14(16(15(19)20)9-4-10-16)17-13-8-3-6-11-5-1-2-7-12(11)13/h3,6,8H,1-2,4-5,7,9-10H2,(H,17,18)(H,19,20). The summed E-state index contributed by atoms with van der Waals surface area (Å²) < 4.78 is 0. The minimum Gasteiger partial charge on any atom is -0.480 e. The summed E-state index contributed by atoms with van der Waals surface area (Å²) in [5.74, 6) is -1.35. The zero-order valence-electron chi connectivity index (χ0n) is 11.4. The Morgan fingerprint density at radius 1 is 1.10 bits per heavy atom. The molecule has 4 nitrogen and oxygen atoms in total. The summed E-state index contributed by atoms with van der Waals surface area (Å²) in [6.07, 6.45) is 6.03. The number of fused-ring (bicyclic) bond motifs is 1. The van der Waals surface area contributed by atoms with E-state index in [9.17, 15) is 14.7 Å². The lowest BCUT2D eigenvalue weighted by Crippen LogP contribution is -2.48. The van der Waals surface area contributed by atoms with Crippen LogP contribution in [0.5, 0.6) is 0 Å². The van der Waals surface area contributed by atoms with E-state index in [-0.39, 0.29) is 5.91 Å². The summed E-state index contributed by atoms with van der Waals surface area (Å²) in [5, 5.41) is 12.2. The van der Waals surface area contributed by atoms with Gasteiger partial charge in [-0.3, -0.25) is 9.59 Å². The van der Waals surface area contributed by atoms with E-state index in [2.05, 4.69) is 11.4 Å². The van der Waals surface area contributed by atoms with Crippen LogP contribution in [0.15, 0.2) is 18.2 Å². The molecule has 4 heteroatoms. The third-order valence-corrected chi connectivity index (χ3v) is 4.70. The van der Waals surface area contributed by atoms with Crippen LogP contribution in [0, 0.1) is 5.41 Å². The summed E-state index contributed by atoms with van der Waals surface area (Å²) >= 11 is 0. The Morgan fingerprint density at radius 2 is 1.85 bits per heavy atom. The Morgan fingerprint density at radius 3 is 2.50 bits per heavy atom. The van der Waals surface area contributed by atoms with Gasteiger partial charge in [-0.15, -0.1) is 0 Å². The molecule has 0 saturated heterocycles. The molecule has 3 rings (SSSR count). The normalized spacial score (nSPS) is 19.6. The molecule has 0 atom stereocenters. The van der Waals surface area contributed by atoms with Crippen LogP contribution in [0.3, 0.4) is 0 Å². The highest BCUT2D eigenvalue weighted by Crippen LogP contribution is 2.42. The first-order chi connectivity index (χ1) is 9.63. The highest BCUT2D eigenvalue weighted by molar-refractivity contribution is 6.09. The lowest BCUT2D eigenvalue weighted by atomic mass is 9.68. The first-order valence-electron chi connectivity index (χ1n) is 7.29. The summed E-state index contributed by atoms with van der Waals surface area (Å²) in [7, 11) is 0. The third kappa shape index (κ3) is 1.99. The van der Waals surface area contributed by atoms with Crippen molar-refractivity contribution in [2.24, 2.45) is 5.41 Å². The van der Waals surface area contributed by atoms with Crippen LogP contribution in [-0.4, -0.2) is 17.0 Å². The van der Waals surface area contributed by atoms with Gasteiger partial charge in [0.15, 0.2) is 0 Å². The second kappa shape index (κ2) is 4.93. The molecule has 0 aliphatic heterocycles. The van der Waals surface area contributed by atoms with Crippen LogP contribution in [0.25, 0.3) is 0 Å². The summed E-state index contributed by atoms with van der Waals surface area (Å²) in [6.45, 7) is 0. The molecule has 1 saturated carbocycles. The fourth-order valence-electron chi connectivity index (χ4n) is 3.21. The molecule has 0 radical (unpaired) electrons. The van der Waals surface area contributed by atoms with Crippen molar-refractivity contribution in [3.63, 3.8) is 0 Å². The molecule has 0 spiro atoms. The van der Waals surface area contributed by atoms with Gasteiger partial charge in [0.05, 0.1) is 0 Å². The van der Waals surface area contributed by atoms with Gasteiger partial charge in [0.25, 0.3) is 0 Å². The monoisotopic (exact) mass is 273 g/mol. The van der Waals surface area contributed by atoms with Gasteiger partial charge >= 0.3 is 5.97 Å². The first-order valence-corrected chi connectivity index (χ1v) is 7.29. The summed E-state index contributed by atoms with van der Waals surface area (Å²) in [4.78, 5) is 23.7. The topological polar surface area (TPSA) is 66.4 Å². The molecule has 1 fully saturated rings. The lowest BCUT2D eigenvalue weighted by molar-refractivity contribution is -0.159. The number of benzene rings is 1. The molecule has 1 aromatic carbocycles. The quantitative estimate of drug-likeness (QED) is 0.832.